The molecule has 0 saturated heterocycles. The van der Waals surface area contributed by atoms with Gasteiger partial charge in [0, 0.05) is 22.7 Å². The summed E-state index contributed by atoms with van der Waals surface area (Å²) in [5.41, 5.74) is 2.22. The van der Waals surface area contributed by atoms with Gasteiger partial charge in [0.05, 0.1) is 16.3 Å². The third kappa shape index (κ3) is 6.18. The van der Waals surface area contributed by atoms with Crippen molar-refractivity contribution >= 4 is 26.9 Å². The van der Waals surface area contributed by atoms with Crippen LogP contribution < -0.4 is 9.46 Å². The van der Waals surface area contributed by atoms with Crippen LogP contribution in [0.25, 0.3) is 10.9 Å². The van der Waals surface area contributed by atoms with Gasteiger partial charge in [-0.1, -0.05) is 24.6 Å². The number of fused-ring (bicyclic) bond motifs is 1. The lowest BCUT2D eigenvalue weighted by molar-refractivity contribution is -0.160. The monoisotopic (exact) mass is 496 g/mol. The molecule has 2 atom stereocenters. The van der Waals surface area contributed by atoms with Crippen LogP contribution in [0.5, 0.6) is 5.75 Å². The number of hydrogen-bond acceptors (Lipinski definition) is 6. The smallest absolute Gasteiger partial charge is 0.311 e. The summed E-state index contributed by atoms with van der Waals surface area (Å²) < 4.78 is 40.2. The Kier molecular flexibility index (Phi) is 7.15. The molecule has 1 fully saturated rings. The maximum atomic E-state index is 13.0. The molecule has 2 unspecified atom stereocenters. The third-order valence-electron chi connectivity index (χ3n) is 5.99. The van der Waals surface area contributed by atoms with Gasteiger partial charge >= 0.3 is 5.97 Å². The number of para-hydroxylation sites is 1. The summed E-state index contributed by atoms with van der Waals surface area (Å²) in [5, 5.41) is 1.03. The van der Waals surface area contributed by atoms with Gasteiger partial charge < -0.3 is 9.47 Å². The molecule has 1 aliphatic rings. The fourth-order valence-electron chi connectivity index (χ4n) is 4.42. The Morgan fingerprint density at radius 2 is 1.80 bits per heavy atom. The summed E-state index contributed by atoms with van der Waals surface area (Å²) in [6, 6.07) is 15.7. The number of nitrogens with zero attached hydrogens (tertiary/aromatic N) is 1. The maximum absolute atomic E-state index is 13.0. The van der Waals surface area contributed by atoms with Crippen molar-refractivity contribution in [2.24, 2.45) is 5.92 Å². The lowest BCUT2D eigenvalue weighted by Gasteiger charge is -2.25. The number of hydrogen-bond donors (Lipinski definition) is 1. The number of aryl methyl sites for hydroxylation is 1. The van der Waals surface area contributed by atoms with Gasteiger partial charge in [-0.2, -0.15) is 0 Å². The first-order chi connectivity index (χ1) is 16.5. The van der Waals surface area contributed by atoms with Crippen molar-refractivity contribution in [1.82, 2.24) is 9.71 Å². The molecule has 2 aromatic carbocycles. The second-order valence-electron chi connectivity index (χ2n) is 10.00. The predicted octanol–water partition coefficient (Wildman–Crippen LogP) is 4.91. The summed E-state index contributed by atoms with van der Waals surface area (Å²) in [6.45, 7) is 7.71. The zero-order valence-electron chi connectivity index (χ0n) is 20.6. The SMILES string of the molecule is Cc1cc(COc2ccc(S(=O)(=O)NC3CCCC3C(=O)OC(C)(C)C)cc2)c2ccccc2n1. The number of sulfonamides is 1. The van der Waals surface area contributed by atoms with E-state index in [0.29, 0.717) is 25.2 Å². The second-order valence-corrected chi connectivity index (χ2v) is 11.7. The molecule has 0 bridgehead atoms. The first-order valence-corrected chi connectivity index (χ1v) is 13.3. The van der Waals surface area contributed by atoms with Crippen LogP contribution in [0.2, 0.25) is 0 Å². The van der Waals surface area contributed by atoms with E-state index in [4.69, 9.17) is 9.47 Å². The van der Waals surface area contributed by atoms with Crippen molar-refractivity contribution in [3.8, 4) is 5.75 Å². The molecule has 0 radical (unpaired) electrons. The zero-order chi connectivity index (χ0) is 25.2. The molecule has 1 N–H and O–H groups in total. The van der Waals surface area contributed by atoms with Gasteiger partial charge in [0.2, 0.25) is 10.0 Å². The average Bonchev–Trinajstić information content (AvgIpc) is 3.24. The Bertz CT molecular complexity index is 1310. The van der Waals surface area contributed by atoms with Gasteiger partial charge in [-0.25, -0.2) is 13.1 Å². The molecular weight excluding hydrogens is 464 g/mol. The average molecular weight is 497 g/mol. The predicted molar refractivity (Wildman–Crippen MR) is 135 cm³/mol. The molecule has 4 rings (SSSR count). The fraction of sp³-hybridized carbons (Fsp3) is 0.407. The van der Waals surface area contributed by atoms with Crippen molar-refractivity contribution in [2.75, 3.05) is 0 Å². The Balaban J connectivity index is 1.42. The van der Waals surface area contributed by atoms with E-state index in [-0.39, 0.29) is 10.9 Å². The molecule has 186 valence electrons. The van der Waals surface area contributed by atoms with E-state index >= 15 is 0 Å². The third-order valence-corrected chi connectivity index (χ3v) is 7.50. The summed E-state index contributed by atoms with van der Waals surface area (Å²) in [7, 11) is -3.79. The molecule has 1 heterocycles. The minimum absolute atomic E-state index is 0.130. The summed E-state index contributed by atoms with van der Waals surface area (Å²) in [6.07, 6.45) is 1.98. The van der Waals surface area contributed by atoms with Crippen molar-refractivity contribution in [1.29, 1.82) is 0 Å². The van der Waals surface area contributed by atoms with E-state index < -0.39 is 27.6 Å². The van der Waals surface area contributed by atoms with Crippen LogP contribution in [0, 0.1) is 12.8 Å². The molecule has 35 heavy (non-hydrogen) atoms. The number of nitrogens with one attached hydrogen (secondary N) is 1. The lowest BCUT2D eigenvalue weighted by Crippen LogP contribution is -2.42. The highest BCUT2D eigenvalue weighted by atomic mass is 32.2. The van der Waals surface area contributed by atoms with Crippen LogP contribution in [0.3, 0.4) is 0 Å². The molecule has 1 aromatic heterocycles. The first kappa shape index (κ1) is 25.1. The summed E-state index contributed by atoms with van der Waals surface area (Å²) in [4.78, 5) is 17.2. The number of aromatic nitrogens is 1. The fourth-order valence-corrected chi connectivity index (χ4v) is 5.73. The Morgan fingerprint density at radius 3 is 2.51 bits per heavy atom. The van der Waals surface area contributed by atoms with Crippen LogP contribution in [0.4, 0.5) is 0 Å². The maximum Gasteiger partial charge on any atom is 0.311 e. The molecule has 8 heteroatoms. The van der Waals surface area contributed by atoms with Crippen molar-refractivity contribution in [3.63, 3.8) is 0 Å². The highest BCUT2D eigenvalue weighted by Crippen LogP contribution is 2.30. The standard InChI is InChI=1S/C27H32N2O5S/c1-18-16-19(22-8-5-6-10-24(22)28-18)17-33-20-12-14-21(15-13-20)35(31,32)29-25-11-7-9-23(25)26(30)34-27(2,3)4/h5-6,8,10,12-16,23,25,29H,7,9,11,17H2,1-4H3. The normalized spacial score (nSPS) is 18.5. The van der Waals surface area contributed by atoms with E-state index in [1.165, 1.54) is 12.1 Å². The molecular formula is C27H32N2O5S. The number of ether oxygens (including phenoxy) is 2. The van der Waals surface area contributed by atoms with E-state index in [0.717, 1.165) is 28.6 Å². The minimum atomic E-state index is -3.79. The minimum Gasteiger partial charge on any atom is -0.489 e. The molecule has 3 aromatic rings. The topological polar surface area (TPSA) is 94.6 Å². The highest BCUT2D eigenvalue weighted by molar-refractivity contribution is 7.89. The number of esters is 1. The number of carbonyl (C=O) groups is 1. The van der Waals surface area contributed by atoms with Crippen LogP contribution in [-0.4, -0.2) is 31.0 Å². The molecule has 7 nitrogen and oxygen atoms in total. The Labute approximate surface area is 206 Å². The number of rotatable bonds is 7. The highest BCUT2D eigenvalue weighted by Gasteiger charge is 2.38. The van der Waals surface area contributed by atoms with E-state index in [1.807, 2.05) is 37.3 Å². The zero-order valence-corrected chi connectivity index (χ0v) is 21.4. The Hall–Kier alpha value is -2.97. The Morgan fingerprint density at radius 1 is 1.09 bits per heavy atom. The first-order valence-electron chi connectivity index (χ1n) is 11.9. The lowest BCUT2D eigenvalue weighted by atomic mass is 10.0. The molecule has 1 aliphatic carbocycles. The van der Waals surface area contributed by atoms with E-state index in [9.17, 15) is 13.2 Å². The van der Waals surface area contributed by atoms with Crippen LogP contribution in [0.1, 0.15) is 51.3 Å². The van der Waals surface area contributed by atoms with Crippen molar-refractivity contribution in [2.45, 2.75) is 70.1 Å². The second kappa shape index (κ2) is 9.95. The number of benzene rings is 2. The van der Waals surface area contributed by atoms with Crippen LogP contribution >= 0.6 is 0 Å². The van der Waals surface area contributed by atoms with Gasteiger partial charge in [0.1, 0.15) is 18.0 Å². The quantitative estimate of drug-likeness (QED) is 0.467. The van der Waals surface area contributed by atoms with Gasteiger partial charge in [0.15, 0.2) is 0 Å². The number of pyridine rings is 1. The number of carbonyl (C=O) groups excluding carboxylic acids is 1. The van der Waals surface area contributed by atoms with Gasteiger partial charge in [-0.3, -0.25) is 9.78 Å². The van der Waals surface area contributed by atoms with Crippen LogP contribution in [-0.2, 0) is 26.2 Å². The van der Waals surface area contributed by atoms with E-state index in [2.05, 4.69) is 9.71 Å². The molecule has 0 amide bonds. The van der Waals surface area contributed by atoms with Crippen molar-refractivity contribution < 1.29 is 22.7 Å². The van der Waals surface area contributed by atoms with Gasteiger partial charge in [-0.15, -0.1) is 0 Å². The molecule has 1 saturated carbocycles. The van der Waals surface area contributed by atoms with E-state index in [1.54, 1.807) is 32.9 Å². The summed E-state index contributed by atoms with van der Waals surface area (Å²) in [5.74, 6) is -0.273. The summed E-state index contributed by atoms with van der Waals surface area (Å²) >= 11 is 0. The largest absolute Gasteiger partial charge is 0.489 e. The van der Waals surface area contributed by atoms with Gasteiger partial charge in [-0.05, 0) is 76.9 Å². The molecule has 0 spiro atoms. The van der Waals surface area contributed by atoms with Crippen molar-refractivity contribution in [3.05, 3.63) is 65.9 Å². The van der Waals surface area contributed by atoms with Crippen LogP contribution in [0.15, 0.2) is 59.5 Å². The van der Waals surface area contributed by atoms with Gasteiger partial charge in [0.25, 0.3) is 0 Å². The molecule has 0 aliphatic heterocycles.